The van der Waals surface area contributed by atoms with Crippen LogP contribution in [0.25, 0.3) is 11.2 Å². The molecule has 0 bridgehead atoms. The van der Waals surface area contributed by atoms with Crippen molar-refractivity contribution in [3.8, 4) is 5.75 Å². The number of amides is 1. The van der Waals surface area contributed by atoms with Crippen LogP contribution in [0.15, 0.2) is 47.0 Å². The van der Waals surface area contributed by atoms with Crippen molar-refractivity contribution < 1.29 is 13.9 Å². The smallest absolute Gasteiger partial charge is 0.300 e. The lowest BCUT2D eigenvalue weighted by Crippen LogP contribution is -2.48. The van der Waals surface area contributed by atoms with Crippen molar-refractivity contribution >= 4 is 23.2 Å². The Morgan fingerprint density at radius 3 is 2.76 bits per heavy atom. The molecule has 1 fully saturated rings. The molecule has 0 unspecified atom stereocenters. The average molecular weight is 338 g/mol. The molecule has 0 saturated carbocycles. The van der Waals surface area contributed by atoms with Crippen LogP contribution in [0.4, 0.5) is 6.01 Å². The van der Waals surface area contributed by atoms with Crippen molar-refractivity contribution in [2.75, 3.05) is 38.2 Å². The first-order valence-electron chi connectivity index (χ1n) is 8.14. The second-order valence-corrected chi connectivity index (χ2v) is 5.83. The largest absolute Gasteiger partial charge is 0.497 e. The molecule has 0 N–H and O–H groups in total. The Morgan fingerprint density at radius 2 is 2.00 bits per heavy atom. The third-order valence-corrected chi connectivity index (χ3v) is 4.31. The van der Waals surface area contributed by atoms with E-state index in [1.807, 2.05) is 40.1 Å². The fourth-order valence-corrected chi connectivity index (χ4v) is 2.93. The summed E-state index contributed by atoms with van der Waals surface area (Å²) >= 11 is 0. The van der Waals surface area contributed by atoms with Gasteiger partial charge in [-0.25, -0.2) is 4.98 Å². The molecule has 7 heteroatoms. The number of methoxy groups -OCH3 is 1. The zero-order valence-corrected chi connectivity index (χ0v) is 13.9. The maximum Gasteiger partial charge on any atom is 0.300 e. The van der Waals surface area contributed by atoms with Gasteiger partial charge >= 0.3 is 0 Å². The molecule has 3 heterocycles. The first-order chi connectivity index (χ1) is 12.2. The molecule has 0 atom stereocenters. The van der Waals surface area contributed by atoms with E-state index in [0.29, 0.717) is 54.7 Å². The van der Waals surface area contributed by atoms with Gasteiger partial charge in [0.1, 0.15) is 5.75 Å². The zero-order chi connectivity index (χ0) is 17.2. The standard InChI is InChI=1S/C18H18N4O3/c1-24-14-5-2-4-13(12-14)17(23)21-8-10-22(11-9-21)18-20-16-15(25-18)6-3-7-19-16/h2-7,12H,8-11H2,1H3. The molecular formula is C18H18N4O3. The van der Waals surface area contributed by atoms with Gasteiger partial charge in [0.25, 0.3) is 11.9 Å². The highest BCUT2D eigenvalue weighted by Crippen LogP contribution is 2.22. The highest BCUT2D eigenvalue weighted by molar-refractivity contribution is 5.94. The molecule has 128 valence electrons. The van der Waals surface area contributed by atoms with Crippen LogP contribution >= 0.6 is 0 Å². The summed E-state index contributed by atoms with van der Waals surface area (Å²) in [6.45, 7) is 2.56. The second-order valence-electron chi connectivity index (χ2n) is 5.83. The monoisotopic (exact) mass is 338 g/mol. The van der Waals surface area contributed by atoms with Crippen molar-refractivity contribution in [3.05, 3.63) is 48.2 Å². The number of carbonyl (C=O) groups excluding carboxylic acids is 1. The predicted molar refractivity (Wildman–Crippen MR) is 92.9 cm³/mol. The van der Waals surface area contributed by atoms with Gasteiger partial charge in [0.15, 0.2) is 5.58 Å². The third kappa shape index (κ3) is 3.00. The van der Waals surface area contributed by atoms with E-state index >= 15 is 0 Å². The number of rotatable bonds is 3. The van der Waals surface area contributed by atoms with Gasteiger partial charge in [-0.1, -0.05) is 6.07 Å². The number of oxazole rings is 1. The number of fused-ring (bicyclic) bond motifs is 1. The Kier molecular flexibility index (Phi) is 3.97. The number of anilines is 1. The van der Waals surface area contributed by atoms with Crippen LogP contribution in [0.5, 0.6) is 5.75 Å². The Morgan fingerprint density at radius 1 is 1.16 bits per heavy atom. The minimum absolute atomic E-state index is 0.0118. The molecule has 1 aromatic carbocycles. The maximum absolute atomic E-state index is 12.7. The summed E-state index contributed by atoms with van der Waals surface area (Å²) in [5, 5.41) is 0. The van der Waals surface area contributed by atoms with E-state index in [1.54, 1.807) is 19.4 Å². The van der Waals surface area contributed by atoms with E-state index in [2.05, 4.69) is 9.97 Å². The van der Waals surface area contributed by atoms with E-state index in [1.165, 1.54) is 0 Å². The summed E-state index contributed by atoms with van der Waals surface area (Å²) in [7, 11) is 1.59. The summed E-state index contributed by atoms with van der Waals surface area (Å²) in [6, 6.07) is 11.5. The first kappa shape index (κ1) is 15.4. The molecule has 1 aliphatic heterocycles. The van der Waals surface area contributed by atoms with Crippen LogP contribution in [0.1, 0.15) is 10.4 Å². The van der Waals surface area contributed by atoms with Gasteiger partial charge < -0.3 is 19.0 Å². The SMILES string of the molecule is COc1cccc(C(=O)N2CCN(c3nc4ncccc4o3)CC2)c1. The zero-order valence-electron chi connectivity index (χ0n) is 13.9. The van der Waals surface area contributed by atoms with Crippen molar-refractivity contribution in [1.82, 2.24) is 14.9 Å². The first-order valence-corrected chi connectivity index (χ1v) is 8.14. The molecule has 7 nitrogen and oxygen atoms in total. The molecule has 1 saturated heterocycles. The van der Waals surface area contributed by atoms with Crippen LogP contribution in [-0.2, 0) is 0 Å². The van der Waals surface area contributed by atoms with Crippen molar-refractivity contribution in [2.45, 2.75) is 0 Å². The highest BCUT2D eigenvalue weighted by Gasteiger charge is 2.25. The van der Waals surface area contributed by atoms with Gasteiger partial charge in [0, 0.05) is 37.9 Å². The molecule has 4 rings (SSSR count). The number of hydrogen-bond donors (Lipinski definition) is 0. The Labute approximate surface area is 144 Å². The van der Waals surface area contributed by atoms with Gasteiger partial charge in [0.05, 0.1) is 7.11 Å². The fraction of sp³-hybridized carbons (Fsp3) is 0.278. The van der Waals surface area contributed by atoms with E-state index < -0.39 is 0 Å². The molecule has 1 aliphatic rings. The summed E-state index contributed by atoms with van der Waals surface area (Å²) in [5.74, 6) is 0.696. The molecule has 0 aliphatic carbocycles. The van der Waals surface area contributed by atoms with Crippen LogP contribution in [0.2, 0.25) is 0 Å². The fourth-order valence-electron chi connectivity index (χ4n) is 2.93. The maximum atomic E-state index is 12.7. The minimum atomic E-state index is 0.0118. The summed E-state index contributed by atoms with van der Waals surface area (Å²) in [4.78, 5) is 25.1. The van der Waals surface area contributed by atoms with Gasteiger partial charge in [-0.05, 0) is 30.3 Å². The lowest BCUT2D eigenvalue weighted by atomic mass is 10.1. The number of benzene rings is 1. The molecular weight excluding hydrogens is 320 g/mol. The Bertz CT molecular complexity index is 867. The minimum Gasteiger partial charge on any atom is -0.497 e. The van der Waals surface area contributed by atoms with Crippen molar-refractivity contribution in [3.63, 3.8) is 0 Å². The topological polar surface area (TPSA) is 71.7 Å². The van der Waals surface area contributed by atoms with Crippen LogP contribution in [0, 0.1) is 0 Å². The van der Waals surface area contributed by atoms with Gasteiger partial charge in [-0.2, -0.15) is 4.98 Å². The number of ether oxygens (including phenoxy) is 1. The number of pyridine rings is 1. The van der Waals surface area contributed by atoms with E-state index in [4.69, 9.17) is 9.15 Å². The third-order valence-electron chi connectivity index (χ3n) is 4.31. The predicted octanol–water partition coefficient (Wildman–Crippen LogP) is 2.19. The number of carbonyl (C=O) groups is 1. The van der Waals surface area contributed by atoms with E-state index in [-0.39, 0.29) is 5.91 Å². The van der Waals surface area contributed by atoms with E-state index in [0.717, 1.165) is 0 Å². The summed E-state index contributed by atoms with van der Waals surface area (Å²) < 4.78 is 10.9. The number of nitrogens with zero attached hydrogens (tertiary/aromatic N) is 4. The molecule has 2 aromatic heterocycles. The van der Waals surface area contributed by atoms with Gasteiger partial charge in [-0.3, -0.25) is 4.79 Å². The van der Waals surface area contributed by atoms with Crippen molar-refractivity contribution in [2.24, 2.45) is 0 Å². The highest BCUT2D eigenvalue weighted by atomic mass is 16.5. The van der Waals surface area contributed by atoms with Gasteiger partial charge in [-0.15, -0.1) is 0 Å². The second kappa shape index (κ2) is 6.43. The molecule has 1 amide bonds. The lowest BCUT2D eigenvalue weighted by molar-refractivity contribution is 0.0744. The van der Waals surface area contributed by atoms with Crippen LogP contribution in [0.3, 0.4) is 0 Å². The van der Waals surface area contributed by atoms with Crippen LogP contribution < -0.4 is 9.64 Å². The Balaban J connectivity index is 1.44. The Hall–Kier alpha value is -3.09. The quantitative estimate of drug-likeness (QED) is 0.729. The molecule has 0 radical (unpaired) electrons. The van der Waals surface area contributed by atoms with E-state index in [9.17, 15) is 4.79 Å². The lowest BCUT2D eigenvalue weighted by Gasteiger charge is -2.33. The number of aromatic nitrogens is 2. The normalized spacial score (nSPS) is 14.8. The number of hydrogen-bond acceptors (Lipinski definition) is 6. The molecule has 0 spiro atoms. The average Bonchev–Trinajstić information content (AvgIpc) is 3.12. The molecule has 3 aromatic rings. The van der Waals surface area contributed by atoms with Gasteiger partial charge in [0.2, 0.25) is 5.65 Å². The summed E-state index contributed by atoms with van der Waals surface area (Å²) in [6.07, 6.45) is 1.69. The van der Waals surface area contributed by atoms with Crippen molar-refractivity contribution in [1.29, 1.82) is 0 Å². The number of piperazine rings is 1. The van der Waals surface area contributed by atoms with Crippen LogP contribution in [-0.4, -0.2) is 54.1 Å². The molecule has 25 heavy (non-hydrogen) atoms. The summed E-state index contributed by atoms with van der Waals surface area (Å²) in [5.41, 5.74) is 1.92.